The summed E-state index contributed by atoms with van der Waals surface area (Å²) in [6.07, 6.45) is 2.64. The minimum absolute atomic E-state index is 0.0877. The van der Waals surface area contributed by atoms with Crippen LogP contribution >= 0.6 is 0 Å². The Morgan fingerprint density at radius 3 is 2.68 bits per heavy atom. The lowest BCUT2D eigenvalue weighted by Crippen LogP contribution is -2.25. The van der Waals surface area contributed by atoms with Crippen molar-refractivity contribution in [2.45, 2.75) is 20.3 Å². The van der Waals surface area contributed by atoms with E-state index < -0.39 is 0 Å². The highest BCUT2D eigenvalue weighted by Gasteiger charge is 2.08. The Labute approximate surface area is 129 Å². The van der Waals surface area contributed by atoms with Crippen LogP contribution in [0.1, 0.15) is 27.3 Å². The molecule has 1 amide bonds. The van der Waals surface area contributed by atoms with Crippen molar-refractivity contribution >= 4 is 11.6 Å². The molecule has 3 rings (SSSR count). The van der Waals surface area contributed by atoms with Gasteiger partial charge in [-0.2, -0.15) is 0 Å². The van der Waals surface area contributed by atoms with E-state index in [4.69, 9.17) is 0 Å². The van der Waals surface area contributed by atoms with Crippen molar-refractivity contribution in [2.75, 3.05) is 6.54 Å². The average Bonchev–Trinajstić information content (AvgIpc) is 2.90. The summed E-state index contributed by atoms with van der Waals surface area (Å²) in [7, 11) is 0. The van der Waals surface area contributed by atoms with E-state index >= 15 is 0 Å². The topological polar surface area (TPSA) is 59.3 Å². The number of nitrogens with one attached hydrogen (secondary N) is 1. The van der Waals surface area contributed by atoms with Crippen LogP contribution in [0.25, 0.3) is 5.65 Å². The molecule has 1 aromatic carbocycles. The van der Waals surface area contributed by atoms with E-state index in [0.717, 1.165) is 12.2 Å². The molecule has 3 aromatic rings. The first-order valence-electron chi connectivity index (χ1n) is 7.28. The fraction of sp³-hybridized carbons (Fsp3) is 0.235. The molecule has 2 heterocycles. The van der Waals surface area contributed by atoms with Crippen LogP contribution in [0, 0.1) is 13.8 Å². The van der Waals surface area contributed by atoms with E-state index in [1.165, 1.54) is 11.1 Å². The second-order valence-corrected chi connectivity index (χ2v) is 5.38. The largest absolute Gasteiger partial charge is 0.352 e. The molecular formula is C17H18N4O. The van der Waals surface area contributed by atoms with Gasteiger partial charge in [0.05, 0.1) is 0 Å². The number of carbonyl (C=O) groups excluding carboxylic acids is 1. The van der Waals surface area contributed by atoms with Crippen LogP contribution in [-0.4, -0.2) is 27.0 Å². The normalized spacial score (nSPS) is 10.8. The van der Waals surface area contributed by atoms with Crippen molar-refractivity contribution in [3.8, 4) is 0 Å². The number of hydrogen-bond donors (Lipinski definition) is 1. The van der Waals surface area contributed by atoms with E-state index in [0.29, 0.717) is 17.8 Å². The number of pyridine rings is 1. The first kappa shape index (κ1) is 14.3. The van der Waals surface area contributed by atoms with E-state index in [9.17, 15) is 4.79 Å². The van der Waals surface area contributed by atoms with Gasteiger partial charge in [-0.15, -0.1) is 10.2 Å². The zero-order valence-corrected chi connectivity index (χ0v) is 12.7. The van der Waals surface area contributed by atoms with Crippen molar-refractivity contribution in [3.63, 3.8) is 0 Å². The molecule has 0 saturated carbocycles. The van der Waals surface area contributed by atoms with Crippen molar-refractivity contribution in [3.05, 3.63) is 65.1 Å². The number of carbonyl (C=O) groups is 1. The smallest absolute Gasteiger partial charge is 0.251 e. The second-order valence-electron chi connectivity index (χ2n) is 5.38. The van der Waals surface area contributed by atoms with E-state index in [1.54, 1.807) is 12.1 Å². The van der Waals surface area contributed by atoms with Crippen LogP contribution in [0.5, 0.6) is 0 Å². The van der Waals surface area contributed by atoms with Gasteiger partial charge in [0.1, 0.15) is 5.82 Å². The van der Waals surface area contributed by atoms with Crippen molar-refractivity contribution in [1.29, 1.82) is 0 Å². The third kappa shape index (κ3) is 2.98. The van der Waals surface area contributed by atoms with Gasteiger partial charge in [0.15, 0.2) is 5.65 Å². The summed E-state index contributed by atoms with van der Waals surface area (Å²) < 4.78 is 1.85. The Kier molecular flexibility index (Phi) is 3.87. The number of benzene rings is 1. The number of nitrogens with zero attached hydrogens (tertiary/aromatic N) is 3. The zero-order chi connectivity index (χ0) is 15.5. The summed E-state index contributed by atoms with van der Waals surface area (Å²) in [6, 6.07) is 11.9. The number of aryl methyl sites for hydroxylation is 2. The zero-order valence-electron chi connectivity index (χ0n) is 12.7. The van der Waals surface area contributed by atoms with Crippen LogP contribution in [-0.2, 0) is 6.42 Å². The maximum atomic E-state index is 12.2. The van der Waals surface area contributed by atoms with Crippen LogP contribution in [0.15, 0.2) is 42.6 Å². The summed E-state index contributed by atoms with van der Waals surface area (Å²) in [6.45, 7) is 4.55. The van der Waals surface area contributed by atoms with Crippen LogP contribution in [0.2, 0.25) is 0 Å². The van der Waals surface area contributed by atoms with Gasteiger partial charge >= 0.3 is 0 Å². The first-order valence-corrected chi connectivity index (χ1v) is 7.28. The van der Waals surface area contributed by atoms with Gasteiger partial charge in [0, 0.05) is 18.3 Å². The predicted molar refractivity (Wildman–Crippen MR) is 84.9 cm³/mol. The lowest BCUT2D eigenvalue weighted by Gasteiger charge is -2.06. The monoisotopic (exact) mass is 294 g/mol. The number of aromatic nitrogens is 3. The summed E-state index contributed by atoms with van der Waals surface area (Å²) in [4.78, 5) is 12.2. The molecule has 1 N–H and O–H groups in total. The molecule has 0 radical (unpaired) electrons. The molecule has 0 spiro atoms. The van der Waals surface area contributed by atoms with E-state index in [1.807, 2.05) is 17.5 Å². The highest BCUT2D eigenvalue weighted by Crippen LogP contribution is 2.07. The molecule has 112 valence electrons. The predicted octanol–water partition coefficient (Wildman–Crippen LogP) is 2.32. The molecule has 2 aromatic heterocycles. The number of rotatable bonds is 4. The fourth-order valence-corrected chi connectivity index (χ4v) is 2.33. The Morgan fingerprint density at radius 1 is 1.14 bits per heavy atom. The van der Waals surface area contributed by atoms with E-state index in [-0.39, 0.29) is 5.91 Å². The van der Waals surface area contributed by atoms with Crippen molar-refractivity contribution in [2.24, 2.45) is 0 Å². The summed E-state index contributed by atoms with van der Waals surface area (Å²) >= 11 is 0. The first-order chi connectivity index (χ1) is 10.6. The molecule has 0 aliphatic rings. The number of hydrogen-bond acceptors (Lipinski definition) is 3. The number of amides is 1. The molecule has 0 atom stereocenters. The quantitative estimate of drug-likeness (QED) is 0.803. The van der Waals surface area contributed by atoms with Gasteiger partial charge in [0.25, 0.3) is 5.91 Å². The lowest BCUT2D eigenvalue weighted by atomic mass is 10.1. The Morgan fingerprint density at radius 2 is 1.91 bits per heavy atom. The maximum absolute atomic E-state index is 12.2. The summed E-state index contributed by atoms with van der Waals surface area (Å²) in [5.41, 5.74) is 3.74. The third-order valence-electron chi connectivity index (χ3n) is 3.66. The van der Waals surface area contributed by atoms with Gasteiger partial charge in [-0.1, -0.05) is 29.8 Å². The van der Waals surface area contributed by atoms with Crippen LogP contribution in [0.3, 0.4) is 0 Å². The highest BCUT2D eigenvalue weighted by atomic mass is 16.1. The number of fused-ring (bicyclic) bond motifs is 1. The van der Waals surface area contributed by atoms with Crippen LogP contribution in [0.4, 0.5) is 0 Å². The Balaban J connectivity index is 1.62. The van der Waals surface area contributed by atoms with Gasteiger partial charge in [-0.3, -0.25) is 9.20 Å². The molecule has 22 heavy (non-hydrogen) atoms. The Bertz CT molecular complexity index is 805. The standard InChI is InChI=1S/C17H18N4O/c1-12-3-5-14(6-4-12)7-9-18-17(22)15-8-10-21-13(2)19-20-16(21)11-15/h3-6,8,10-11H,7,9H2,1-2H3,(H,18,22). The second kappa shape index (κ2) is 5.97. The van der Waals surface area contributed by atoms with Crippen molar-refractivity contribution in [1.82, 2.24) is 19.9 Å². The van der Waals surface area contributed by atoms with Gasteiger partial charge in [-0.05, 0) is 38.0 Å². The maximum Gasteiger partial charge on any atom is 0.251 e. The van der Waals surface area contributed by atoms with Gasteiger partial charge in [-0.25, -0.2) is 0 Å². The SMILES string of the molecule is Cc1ccc(CCNC(=O)c2ccn3c(C)nnc3c2)cc1. The van der Waals surface area contributed by atoms with Crippen molar-refractivity contribution < 1.29 is 4.79 Å². The lowest BCUT2D eigenvalue weighted by molar-refractivity contribution is 0.0954. The molecular weight excluding hydrogens is 276 g/mol. The molecule has 0 aliphatic heterocycles. The van der Waals surface area contributed by atoms with E-state index in [2.05, 4.69) is 46.7 Å². The Hall–Kier alpha value is -2.69. The highest BCUT2D eigenvalue weighted by molar-refractivity contribution is 5.95. The summed E-state index contributed by atoms with van der Waals surface area (Å²) in [5.74, 6) is 0.719. The van der Waals surface area contributed by atoms with Crippen LogP contribution < -0.4 is 5.32 Å². The molecule has 0 aliphatic carbocycles. The third-order valence-corrected chi connectivity index (χ3v) is 3.66. The fourth-order valence-electron chi connectivity index (χ4n) is 2.33. The van der Waals surface area contributed by atoms with Gasteiger partial charge in [0.2, 0.25) is 0 Å². The molecule has 0 unspecified atom stereocenters. The minimum atomic E-state index is -0.0877. The minimum Gasteiger partial charge on any atom is -0.352 e. The average molecular weight is 294 g/mol. The molecule has 0 bridgehead atoms. The molecule has 5 nitrogen and oxygen atoms in total. The molecule has 5 heteroatoms. The van der Waals surface area contributed by atoms with Gasteiger partial charge < -0.3 is 5.32 Å². The molecule has 0 saturated heterocycles. The summed E-state index contributed by atoms with van der Waals surface area (Å²) in [5, 5.41) is 11.0. The molecule has 0 fully saturated rings.